The van der Waals surface area contributed by atoms with Crippen molar-refractivity contribution in [3.05, 3.63) is 71.9 Å². The standard InChI is InChI=1S/C25H23F3N4O5/c1-3-16-11-22(33)32(13-15-4-7-18(8-5-15)30-24(34)21-12-29-14-36-21)31-23(16)17-6-9-19(20(10-17)35-2)37-25(26,27)28/h4-10,12,14,16H,3,11,13H2,1-2H3,(H,30,34). The molecule has 1 atom stereocenters. The van der Waals surface area contributed by atoms with Crippen LogP contribution in [0, 0.1) is 5.92 Å². The van der Waals surface area contributed by atoms with Crippen molar-refractivity contribution in [3.8, 4) is 11.5 Å². The van der Waals surface area contributed by atoms with Crippen molar-refractivity contribution >= 4 is 23.2 Å². The summed E-state index contributed by atoms with van der Waals surface area (Å²) in [5, 5.41) is 8.57. The molecule has 2 heterocycles. The Hall–Kier alpha value is -4.35. The molecule has 0 saturated heterocycles. The molecule has 3 aromatic rings. The first-order chi connectivity index (χ1) is 17.7. The Morgan fingerprint density at radius 3 is 2.57 bits per heavy atom. The lowest BCUT2D eigenvalue weighted by Crippen LogP contribution is -2.36. The zero-order valence-corrected chi connectivity index (χ0v) is 19.9. The average molecular weight is 516 g/mol. The van der Waals surface area contributed by atoms with Gasteiger partial charge in [0.05, 0.1) is 25.6 Å². The van der Waals surface area contributed by atoms with Gasteiger partial charge in [-0.3, -0.25) is 9.59 Å². The summed E-state index contributed by atoms with van der Waals surface area (Å²) in [6, 6.07) is 10.9. The largest absolute Gasteiger partial charge is 0.573 e. The molecule has 1 aliphatic heterocycles. The number of aromatic nitrogens is 1. The van der Waals surface area contributed by atoms with E-state index < -0.39 is 18.0 Å². The molecule has 1 unspecified atom stereocenters. The molecule has 1 aliphatic rings. The number of methoxy groups -OCH3 is 1. The first-order valence-electron chi connectivity index (χ1n) is 11.3. The molecule has 194 valence electrons. The maximum Gasteiger partial charge on any atom is 0.573 e. The summed E-state index contributed by atoms with van der Waals surface area (Å²) in [5.74, 6) is -1.33. The normalized spacial score (nSPS) is 15.8. The zero-order valence-electron chi connectivity index (χ0n) is 19.9. The van der Waals surface area contributed by atoms with Gasteiger partial charge in [0.25, 0.3) is 5.91 Å². The lowest BCUT2D eigenvalue weighted by molar-refractivity contribution is -0.275. The summed E-state index contributed by atoms with van der Waals surface area (Å²) in [4.78, 5) is 28.6. The van der Waals surface area contributed by atoms with Crippen LogP contribution < -0.4 is 14.8 Å². The van der Waals surface area contributed by atoms with Gasteiger partial charge in [-0.2, -0.15) is 5.10 Å². The molecular formula is C25H23F3N4O5. The van der Waals surface area contributed by atoms with Gasteiger partial charge in [0.2, 0.25) is 11.7 Å². The van der Waals surface area contributed by atoms with Gasteiger partial charge < -0.3 is 19.2 Å². The van der Waals surface area contributed by atoms with Crippen LogP contribution in [0.5, 0.6) is 11.5 Å². The minimum Gasteiger partial charge on any atom is -0.493 e. The number of halogens is 3. The summed E-state index contributed by atoms with van der Waals surface area (Å²) < 4.78 is 52.2. The van der Waals surface area contributed by atoms with Crippen molar-refractivity contribution < 1.29 is 36.7 Å². The third-order valence-corrected chi connectivity index (χ3v) is 5.70. The van der Waals surface area contributed by atoms with Crippen LogP contribution in [-0.2, 0) is 11.3 Å². The number of carbonyl (C=O) groups is 2. The molecule has 0 radical (unpaired) electrons. The Balaban J connectivity index is 1.53. The second-order valence-corrected chi connectivity index (χ2v) is 8.18. The topological polar surface area (TPSA) is 106 Å². The van der Waals surface area contributed by atoms with E-state index in [2.05, 4.69) is 20.1 Å². The number of anilines is 1. The van der Waals surface area contributed by atoms with Crippen LogP contribution in [0.15, 0.2) is 64.6 Å². The highest BCUT2D eigenvalue weighted by molar-refractivity contribution is 6.06. The lowest BCUT2D eigenvalue weighted by Gasteiger charge is -2.29. The Kier molecular flexibility index (Phi) is 7.46. The lowest BCUT2D eigenvalue weighted by atomic mass is 9.89. The van der Waals surface area contributed by atoms with Crippen molar-refractivity contribution in [3.63, 3.8) is 0 Å². The molecule has 0 saturated carbocycles. The predicted octanol–water partition coefficient (Wildman–Crippen LogP) is 5.00. The smallest absolute Gasteiger partial charge is 0.493 e. The summed E-state index contributed by atoms with van der Waals surface area (Å²) in [6.07, 6.45) is -1.59. The minimum absolute atomic E-state index is 0.0740. The molecule has 2 amide bonds. The Morgan fingerprint density at radius 2 is 1.95 bits per heavy atom. The third kappa shape index (κ3) is 6.26. The number of benzene rings is 2. The number of oxazole rings is 1. The highest BCUT2D eigenvalue weighted by atomic mass is 19.4. The maximum atomic E-state index is 12.8. The Bertz CT molecular complexity index is 1290. The SMILES string of the molecule is CCC1CC(=O)N(Cc2ccc(NC(=O)c3cnco3)cc2)N=C1c1ccc(OC(F)(F)F)c(OC)c1. The second kappa shape index (κ2) is 10.7. The fourth-order valence-corrected chi connectivity index (χ4v) is 3.86. The van der Waals surface area contributed by atoms with Gasteiger partial charge in [0, 0.05) is 23.6 Å². The van der Waals surface area contributed by atoms with Crippen LogP contribution in [0.1, 0.15) is 41.4 Å². The van der Waals surface area contributed by atoms with Gasteiger partial charge in [-0.1, -0.05) is 19.1 Å². The molecule has 0 fully saturated rings. The minimum atomic E-state index is -4.86. The molecule has 12 heteroatoms. The van der Waals surface area contributed by atoms with E-state index in [0.717, 1.165) is 12.0 Å². The Labute approximate surface area is 209 Å². The average Bonchev–Trinajstić information content (AvgIpc) is 3.41. The molecule has 0 aliphatic carbocycles. The molecule has 0 spiro atoms. The van der Waals surface area contributed by atoms with Crippen LogP contribution in [0.25, 0.3) is 0 Å². The molecule has 0 bridgehead atoms. The van der Waals surface area contributed by atoms with Gasteiger partial charge in [0.1, 0.15) is 0 Å². The first-order valence-corrected chi connectivity index (χ1v) is 11.3. The quantitative estimate of drug-likeness (QED) is 0.452. The van der Waals surface area contributed by atoms with Crippen molar-refractivity contribution in [2.75, 3.05) is 12.4 Å². The van der Waals surface area contributed by atoms with Gasteiger partial charge in [-0.05, 0) is 42.3 Å². The third-order valence-electron chi connectivity index (χ3n) is 5.70. The molecule has 37 heavy (non-hydrogen) atoms. The van der Waals surface area contributed by atoms with Crippen LogP contribution >= 0.6 is 0 Å². The number of hydrogen-bond acceptors (Lipinski definition) is 7. The van der Waals surface area contributed by atoms with E-state index in [1.54, 1.807) is 24.3 Å². The molecule has 9 nitrogen and oxygen atoms in total. The molecule has 2 aromatic carbocycles. The summed E-state index contributed by atoms with van der Waals surface area (Å²) >= 11 is 0. The van der Waals surface area contributed by atoms with E-state index in [9.17, 15) is 22.8 Å². The zero-order chi connectivity index (χ0) is 26.6. The van der Waals surface area contributed by atoms with Crippen LogP contribution in [0.3, 0.4) is 0 Å². The van der Waals surface area contributed by atoms with Gasteiger partial charge >= 0.3 is 6.36 Å². The summed E-state index contributed by atoms with van der Waals surface area (Å²) in [6.45, 7) is 2.08. The van der Waals surface area contributed by atoms with Crippen molar-refractivity contribution in [1.29, 1.82) is 0 Å². The Morgan fingerprint density at radius 1 is 1.19 bits per heavy atom. The van der Waals surface area contributed by atoms with Crippen LogP contribution in [0.4, 0.5) is 18.9 Å². The fourth-order valence-electron chi connectivity index (χ4n) is 3.86. The molecule has 4 rings (SSSR count). The van der Waals surface area contributed by atoms with E-state index >= 15 is 0 Å². The fraction of sp³-hybridized carbons (Fsp3) is 0.280. The molecule has 1 aromatic heterocycles. The second-order valence-electron chi connectivity index (χ2n) is 8.18. The van der Waals surface area contributed by atoms with Crippen LogP contribution in [-0.4, -0.2) is 41.0 Å². The van der Waals surface area contributed by atoms with Gasteiger partial charge in [-0.15, -0.1) is 13.2 Å². The maximum absolute atomic E-state index is 12.8. The molecular weight excluding hydrogens is 493 g/mol. The summed E-state index contributed by atoms with van der Waals surface area (Å²) in [5.41, 5.74) is 2.38. The van der Waals surface area contributed by atoms with Crippen molar-refractivity contribution in [2.45, 2.75) is 32.7 Å². The monoisotopic (exact) mass is 516 g/mol. The van der Waals surface area contributed by atoms with E-state index in [-0.39, 0.29) is 36.3 Å². The van der Waals surface area contributed by atoms with E-state index in [0.29, 0.717) is 23.4 Å². The van der Waals surface area contributed by atoms with Gasteiger partial charge in [-0.25, -0.2) is 9.99 Å². The summed E-state index contributed by atoms with van der Waals surface area (Å²) in [7, 11) is 1.25. The number of rotatable bonds is 8. The number of hydrazone groups is 1. The number of nitrogens with one attached hydrogen (secondary N) is 1. The number of nitrogens with zero attached hydrogens (tertiary/aromatic N) is 3. The highest BCUT2D eigenvalue weighted by Crippen LogP contribution is 2.35. The van der Waals surface area contributed by atoms with E-state index in [4.69, 9.17) is 9.15 Å². The number of amides is 2. The number of alkyl halides is 3. The van der Waals surface area contributed by atoms with E-state index in [1.807, 2.05) is 6.92 Å². The van der Waals surface area contributed by atoms with Crippen molar-refractivity contribution in [2.24, 2.45) is 11.0 Å². The van der Waals surface area contributed by atoms with Crippen LogP contribution in [0.2, 0.25) is 0 Å². The van der Waals surface area contributed by atoms with Crippen molar-refractivity contribution in [1.82, 2.24) is 9.99 Å². The van der Waals surface area contributed by atoms with E-state index in [1.165, 1.54) is 36.5 Å². The number of ether oxygens (including phenoxy) is 2. The van der Waals surface area contributed by atoms with Gasteiger partial charge in [0.15, 0.2) is 17.9 Å². The number of hydrogen-bond donors (Lipinski definition) is 1. The number of carbonyl (C=O) groups excluding carboxylic acids is 2. The first kappa shape index (κ1) is 25.7. The molecule has 1 N–H and O–H groups in total. The predicted molar refractivity (Wildman–Crippen MR) is 126 cm³/mol. The highest BCUT2D eigenvalue weighted by Gasteiger charge is 2.34.